The maximum absolute atomic E-state index is 12.6. The molecule has 8 heteroatoms. The molecule has 3 rings (SSSR count). The Hall–Kier alpha value is -3.36. The van der Waals surface area contributed by atoms with Gasteiger partial charge in [0.1, 0.15) is 6.61 Å². The molecule has 0 saturated heterocycles. The van der Waals surface area contributed by atoms with Gasteiger partial charge >= 0.3 is 0 Å². The predicted octanol–water partition coefficient (Wildman–Crippen LogP) is 4.28. The average molecular weight is 483 g/mol. The Morgan fingerprint density at radius 2 is 1.56 bits per heavy atom. The van der Waals surface area contributed by atoms with Crippen LogP contribution in [0.4, 0.5) is 0 Å². The second-order valence-corrected chi connectivity index (χ2v) is 10.5. The fourth-order valence-corrected chi connectivity index (χ4v) is 4.63. The number of ether oxygens (including phenoxy) is 2. The fraction of sp³-hybridized carbons (Fsp3) is 0.269. The van der Waals surface area contributed by atoms with Gasteiger partial charge in [0, 0.05) is 17.6 Å². The van der Waals surface area contributed by atoms with E-state index in [4.69, 9.17) is 9.47 Å². The van der Waals surface area contributed by atoms with Gasteiger partial charge in [-0.2, -0.15) is 0 Å². The van der Waals surface area contributed by atoms with Crippen molar-refractivity contribution in [2.75, 3.05) is 7.11 Å². The van der Waals surface area contributed by atoms with Crippen LogP contribution in [0.3, 0.4) is 0 Å². The van der Waals surface area contributed by atoms with E-state index in [-0.39, 0.29) is 17.3 Å². The van der Waals surface area contributed by atoms with E-state index in [2.05, 4.69) is 10.0 Å². The SMILES string of the molecule is COc1cc(CNC(=O)c2ccc(S(=O)(=O)NC(C)(C)C)cc2)ccc1OCc1ccccc1. The maximum atomic E-state index is 12.6. The summed E-state index contributed by atoms with van der Waals surface area (Å²) in [5.74, 6) is 0.877. The summed E-state index contributed by atoms with van der Waals surface area (Å²) in [7, 11) is -2.09. The minimum Gasteiger partial charge on any atom is -0.493 e. The third-order valence-electron chi connectivity index (χ3n) is 4.79. The number of carbonyl (C=O) groups is 1. The van der Waals surface area contributed by atoms with E-state index in [1.54, 1.807) is 27.9 Å². The molecular weight excluding hydrogens is 452 g/mol. The van der Waals surface area contributed by atoms with Crippen molar-refractivity contribution in [3.05, 3.63) is 89.5 Å². The quantitative estimate of drug-likeness (QED) is 0.475. The van der Waals surface area contributed by atoms with Gasteiger partial charge in [-0.1, -0.05) is 36.4 Å². The molecule has 0 atom stereocenters. The van der Waals surface area contributed by atoms with Crippen molar-refractivity contribution in [3.63, 3.8) is 0 Å². The van der Waals surface area contributed by atoms with Crippen molar-refractivity contribution in [3.8, 4) is 11.5 Å². The first kappa shape index (κ1) is 25.3. The Morgan fingerprint density at radius 1 is 0.882 bits per heavy atom. The maximum Gasteiger partial charge on any atom is 0.251 e. The van der Waals surface area contributed by atoms with E-state index >= 15 is 0 Å². The van der Waals surface area contributed by atoms with Crippen molar-refractivity contribution in [2.24, 2.45) is 0 Å². The van der Waals surface area contributed by atoms with Crippen LogP contribution in [-0.4, -0.2) is 27.0 Å². The molecule has 0 heterocycles. The van der Waals surface area contributed by atoms with Crippen LogP contribution in [0.1, 0.15) is 42.3 Å². The molecule has 7 nitrogen and oxygen atoms in total. The van der Waals surface area contributed by atoms with Crippen molar-refractivity contribution in [2.45, 2.75) is 44.4 Å². The van der Waals surface area contributed by atoms with Gasteiger partial charge in [-0.3, -0.25) is 4.79 Å². The van der Waals surface area contributed by atoms with Crippen molar-refractivity contribution in [1.82, 2.24) is 10.0 Å². The summed E-state index contributed by atoms with van der Waals surface area (Å²) < 4.78 is 38.7. The Kier molecular flexibility index (Phi) is 7.96. The van der Waals surface area contributed by atoms with E-state index in [0.29, 0.717) is 23.7 Å². The summed E-state index contributed by atoms with van der Waals surface area (Å²) in [6, 6.07) is 21.1. The molecular formula is C26H30N2O5S. The first-order chi connectivity index (χ1) is 16.1. The third kappa shape index (κ3) is 7.07. The first-order valence-corrected chi connectivity index (χ1v) is 12.3. The largest absolute Gasteiger partial charge is 0.493 e. The Morgan fingerprint density at radius 3 is 2.18 bits per heavy atom. The normalized spacial score (nSPS) is 11.6. The number of sulfonamides is 1. The highest BCUT2D eigenvalue weighted by atomic mass is 32.2. The highest BCUT2D eigenvalue weighted by Gasteiger charge is 2.22. The Balaban J connectivity index is 1.61. The summed E-state index contributed by atoms with van der Waals surface area (Å²) in [6.45, 7) is 6.00. The number of nitrogens with one attached hydrogen (secondary N) is 2. The molecule has 0 radical (unpaired) electrons. The molecule has 3 aromatic carbocycles. The lowest BCUT2D eigenvalue weighted by Crippen LogP contribution is -2.40. The van der Waals surface area contributed by atoms with Crippen LogP contribution >= 0.6 is 0 Å². The van der Waals surface area contributed by atoms with Gasteiger partial charge in [-0.15, -0.1) is 0 Å². The molecule has 180 valence electrons. The van der Waals surface area contributed by atoms with Crippen LogP contribution in [0.2, 0.25) is 0 Å². The summed E-state index contributed by atoms with van der Waals surface area (Å²) in [5, 5.41) is 2.84. The van der Waals surface area contributed by atoms with Gasteiger partial charge in [0.05, 0.1) is 12.0 Å². The van der Waals surface area contributed by atoms with Crippen LogP contribution in [-0.2, 0) is 23.2 Å². The van der Waals surface area contributed by atoms with E-state index in [9.17, 15) is 13.2 Å². The van der Waals surface area contributed by atoms with Gasteiger partial charge in [0.2, 0.25) is 10.0 Å². The smallest absolute Gasteiger partial charge is 0.251 e. The number of carbonyl (C=O) groups excluding carboxylic acids is 1. The standard InChI is InChI=1S/C26H30N2O5S/c1-26(2,3)28-34(30,31)22-13-11-21(12-14-22)25(29)27-17-20-10-15-23(24(16-20)32-4)33-18-19-8-6-5-7-9-19/h5-16,28H,17-18H2,1-4H3,(H,27,29). The molecule has 0 fully saturated rings. The van der Waals surface area contributed by atoms with Crippen molar-refractivity contribution in [1.29, 1.82) is 0 Å². The molecule has 2 N–H and O–H groups in total. The molecule has 3 aromatic rings. The lowest BCUT2D eigenvalue weighted by Gasteiger charge is -2.20. The van der Waals surface area contributed by atoms with Gasteiger partial charge in [0.25, 0.3) is 5.91 Å². The van der Waals surface area contributed by atoms with E-state index in [0.717, 1.165) is 11.1 Å². The van der Waals surface area contributed by atoms with Crippen LogP contribution in [0, 0.1) is 0 Å². The highest BCUT2D eigenvalue weighted by Crippen LogP contribution is 2.29. The number of hydrogen-bond donors (Lipinski definition) is 2. The van der Waals surface area contributed by atoms with Gasteiger partial charge in [-0.05, 0) is 68.3 Å². The summed E-state index contributed by atoms with van der Waals surface area (Å²) in [5.41, 5.74) is 1.65. The van der Waals surface area contributed by atoms with Crippen LogP contribution in [0.5, 0.6) is 11.5 Å². The molecule has 0 spiro atoms. The Bertz CT molecular complexity index is 1220. The first-order valence-electron chi connectivity index (χ1n) is 10.8. The average Bonchev–Trinajstić information content (AvgIpc) is 2.80. The number of amides is 1. The van der Waals surface area contributed by atoms with Crippen LogP contribution in [0.25, 0.3) is 0 Å². The summed E-state index contributed by atoms with van der Waals surface area (Å²) in [6.07, 6.45) is 0. The topological polar surface area (TPSA) is 93.7 Å². The second kappa shape index (κ2) is 10.7. The molecule has 0 unspecified atom stereocenters. The molecule has 0 aliphatic heterocycles. The lowest BCUT2D eigenvalue weighted by atomic mass is 10.1. The molecule has 34 heavy (non-hydrogen) atoms. The molecule has 0 aromatic heterocycles. The number of benzene rings is 3. The zero-order valence-corrected chi connectivity index (χ0v) is 20.6. The van der Waals surface area contributed by atoms with E-state index in [1.165, 1.54) is 24.3 Å². The summed E-state index contributed by atoms with van der Waals surface area (Å²) in [4.78, 5) is 12.7. The molecule has 0 bridgehead atoms. The number of hydrogen-bond acceptors (Lipinski definition) is 5. The lowest BCUT2D eigenvalue weighted by molar-refractivity contribution is 0.0950. The van der Waals surface area contributed by atoms with Crippen molar-refractivity contribution >= 4 is 15.9 Å². The zero-order chi connectivity index (χ0) is 24.8. The number of rotatable bonds is 9. The molecule has 0 saturated carbocycles. The molecule has 0 aliphatic carbocycles. The van der Waals surface area contributed by atoms with Gasteiger partial charge < -0.3 is 14.8 Å². The second-order valence-electron chi connectivity index (χ2n) is 8.82. The third-order valence-corrected chi connectivity index (χ3v) is 6.56. The Labute approximate surface area is 201 Å². The van der Waals surface area contributed by atoms with Crippen LogP contribution in [0.15, 0.2) is 77.7 Å². The minimum atomic E-state index is -3.66. The molecule has 0 aliphatic rings. The van der Waals surface area contributed by atoms with E-state index in [1.807, 2.05) is 48.5 Å². The predicted molar refractivity (Wildman–Crippen MR) is 131 cm³/mol. The minimum absolute atomic E-state index is 0.106. The van der Waals surface area contributed by atoms with Gasteiger partial charge in [0.15, 0.2) is 11.5 Å². The number of methoxy groups -OCH3 is 1. The highest BCUT2D eigenvalue weighted by molar-refractivity contribution is 7.89. The van der Waals surface area contributed by atoms with Crippen molar-refractivity contribution < 1.29 is 22.7 Å². The van der Waals surface area contributed by atoms with Gasteiger partial charge in [-0.25, -0.2) is 13.1 Å². The summed E-state index contributed by atoms with van der Waals surface area (Å²) >= 11 is 0. The zero-order valence-electron chi connectivity index (χ0n) is 19.8. The fourth-order valence-electron chi connectivity index (χ4n) is 3.21. The monoisotopic (exact) mass is 482 g/mol. The van der Waals surface area contributed by atoms with E-state index < -0.39 is 15.6 Å². The molecule has 1 amide bonds. The van der Waals surface area contributed by atoms with Crippen LogP contribution < -0.4 is 19.5 Å².